The van der Waals surface area contributed by atoms with Gasteiger partial charge in [-0.25, -0.2) is 8.78 Å². The van der Waals surface area contributed by atoms with E-state index in [0.29, 0.717) is 0 Å². The van der Waals surface area contributed by atoms with E-state index in [9.17, 15) is 23.2 Å². The first kappa shape index (κ1) is 16.1. The molecule has 2 rings (SSSR count). The van der Waals surface area contributed by atoms with Crippen molar-refractivity contribution in [2.45, 2.75) is 19.8 Å². The number of benzene rings is 1. The second kappa shape index (κ2) is 6.64. The largest absolute Gasteiger partial charge is 0.465 e. The number of carbonyl (C=O) groups excluding carboxylic acids is 3. The lowest BCUT2D eigenvalue weighted by atomic mass is 9.97. The predicted octanol–water partition coefficient (Wildman–Crippen LogP) is 1.45. The van der Waals surface area contributed by atoms with E-state index in [1.165, 1.54) is 0 Å². The molecule has 2 amide bonds. The van der Waals surface area contributed by atoms with Crippen LogP contribution in [0.15, 0.2) is 18.2 Å². The molecule has 0 aromatic heterocycles. The molecule has 1 saturated heterocycles. The van der Waals surface area contributed by atoms with Crippen molar-refractivity contribution in [1.29, 1.82) is 0 Å². The Labute approximate surface area is 125 Å². The zero-order valence-corrected chi connectivity index (χ0v) is 12.0. The molecule has 1 heterocycles. The van der Waals surface area contributed by atoms with Gasteiger partial charge in [0, 0.05) is 6.42 Å². The summed E-state index contributed by atoms with van der Waals surface area (Å²) >= 11 is 0. The van der Waals surface area contributed by atoms with Crippen LogP contribution < -0.4 is 0 Å². The highest BCUT2D eigenvalue weighted by atomic mass is 19.1. The zero-order valence-electron chi connectivity index (χ0n) is 12.0. The predicted molar refractivity (Wildman–Crippen MR) is 71.5 cm³/mol. The number of rotatable bonds is 5. The molecule has 118 valence electrons. The normalized spacial score (nSPS) is 18.0. The fraction of sp³-hybridized carbons (Fsp3) is 0.400. The number of likely N-dealkylation sites (tertiary alicyclic amines) is 1. The van der Waals surface area contributed by atoms with Gasteiger partial charge in [-0.3, -0.25) is 19.3 Å². The quantitative estimate of drug-likeness (QED) is 0.610. The van der Waals surface area contributed by atoms with Crippen molar-refractivity contribution in [3.8, 4) is 0 Å². The molecule has 1 unspecified atom stereocenters. The highest BCUT2D eigenvalue weighted by molar-refractivity contribution is 6.05. The van der Waals surface area contributed by atoms with Gasteiger partial charge in [0.2, 0.25) is 11.8 Å². The van der Waals surface area contributed by atoms with Crippen molar-refractivity contribution in [2.75, 3.05) is 13.2 Å². The molecule has 1 fully saturated rings. The van der Waals surface area contributed by atoms with Crippen LogP contribution in [0.1, 0.15) is 18.9 Å². The third-order valence-electron chi connectivity index (χ3n) is 3.40. The van der Waals surface area contributed by atoms with E-state index in [1.54, 1.807) is 6.92 Å². The van der Waals surface area contributed by atoms with Gasteiger partial charge in [0.25, 0.3) is 0 Å². The number of hydrogen-bond acceptors (Lipinski definition) is 4. The molecule has 0 spiro atoms. The van der Waals surface area contributed by atoms with Crippen molar-refractivity contribution in [1.82, 2.24) is 4.90 Å². The van der Waals surface area contributed by atoms with Crippen LogP contribution >= 0.6 is 0 Å². The summed E-state index contributed by atoms with van der Waals surface area (Å²) in [6.45, 7) is 1.31. The zero-order chi connectivity index (χ0) is 16.3. The van der Waals surface area contributed by atoms with Crippen LogP contribution in [0.4, 0.5) is 8.78 Å². The second-order valence-electron chi connectivity index (χ2n) is 4.96. The van der Waals surface area contributed by atoms with Crippen LogP contribution in [0.3, 0.4) is 0 Å². The third kappa shape index (κ3) is 3.47. The molecule has 0 aliphatic carbocycles. The summed E-state index contributed by atoms with van der Waals surface area (Å²) in [5.41, 5.74) is 0.0316. The third-order valence-corrected chi connectivity index (χ3v) is 3.40. The van der Waals surface area contributed by atoms with Crippen molar-refractivity contribution < 1.29 is 27.9 Å². The number of carbonyl (C=O) groups is 3. The van der Waals surface area contributed by atoms with Crippen molar-refractivity contribution in [2.24, 2.45) is 5.92 Å². The van der Waals surface area contributed by atoms with Gasteiger partial charge in [-0.05, 0) is 37.1 Å². The topological polar surface area (TPSA) is 63.7 Å². The van der Waals surface area contributed by atoms with Crippen LogP contribution in [0, 0.1) is 17.6 Å². The lowest BCUT2D eigenvalue weighted by Gasteiger charge is -2.14. The first-order chi connectivity index (χ1) is 10.4. The Balaban J connectivity index is 2.08. The second-order valence-corrected chi connectivity index (χ2v) is 4.96. The Bertz CT molecular complexity index is 618. The Hall–Kier alpha value is -2.31. The summed E-state index contributed by atoms with van der Waals surface area (Å²) < 4.78 is 31.4. The Morgan fingerprint density at radius 1 is 1.36 bits per heavy atom. The maximum absolute atomic E-state index is 13.6. The standard InChI is InChI=1S/C15H15F2NO4/c1-2-22-14(20)8-18-13(19)7-10(15(18)21)5-9-6-11(16)3-4-12(9)17/h3-4,6,10H,2,5,7-8H2,1H3. The summed E-state index contributed by atoms with van der Waals surface area (Å²) in [5.74, 6) is -3.80. The minimum Gasteiger partial charge on any atom is -0.465 e. The number of hydrogen-bond donors (Lipinski definition) is 0. The number of halogens is 2. The van der Waals surface area contributed by atoms with E-state index in [2.05, 4.69) is 0 Å². The van der Waals surface area contributed by atoms with Crippen LogP contribution in [-0.2, 0) is 25.5 Å². The molecule has 5 nitrogen and oxygen atoms in total. The molecule has 1 aliphatic heterocycles. The Morgan fingerprint density at radius 2 is 2.09 bits per heavy atom. The molecule has 7 heteroatoms. The first-order valence-electron chi connectivity index (χ1n) is 6.86. The summed E-state index contributed by atoms with van der Waals surface area (Å²) in [5, 5.41) is 0. The van der Waals surface area contributed by atoms with Gasteiger partial charge in [0.05, 0.1) is 12.5 Å². The molecule has 1 aromatic rings. The van der Waals surface area contributed by atoms with Gasteiger partial charge >= 0.3 is 5.97 Å². The average Bonchev–Trinajstić information content (AvgIpc) is 2.71. The van der Waals surface area contributed by atoms with E-state index in [0.717, 1.165) is 23.1 Å². The summed E-state index contributed by atoms with van der Waals surface area (Å²) in [6.07, 6.45) is -0.221. The molecular formula is C15H15F2NO4. The van der Waals surface area contributed by atoms with E-state index in [4.69, 9.17) is 4.74 Å². The SMILES string of the molecule is CCOC(=O)CN1C(=O)CC(Cc2cc(F)ccc2F)C1=O. The molecule has 0 bridgehead atoms. The molecule has 0 N–H and O–H groups in total. The number of esters is 1. The minimum absolute atomic E-state index is 0.0316. The van der Waals surface area contributed by atoms with E-state index >= 15 is 0 Å². The number of ether oxygens (including phenoxy) is 1. The van der Waals surface area contributed by atoms with Gasteiger partial charge < -0.3 is 4.74 Å². The van der Waals surface area contributed by atoms with Crippen molar-refractivity contribution >= 4 is 17.8 Å². The maximum Gasteiger partial charge on any atom is 0.326 e. The van der Waals surface area contributed by atoms with Gasteiger partial charge in [0.15, 0.2) is 0 Å². The summed E-state index contributed by atoms with van der Waals surface area (Å²) in [4.78, 5) is 36.1. The first-order valence-corrected chi connectivity index (χ1v) is 6.86. The molecule has 1 atom stereocenters. The number of imide groups is 1. The molecule has 0 saturated carbocycles. The van der Waals surface area contributed by atoms with Crippen LogP contribution in [-0.4, -0.2) is 35.8 Å². The van der Waals surface area contributed by atoms with Crippen LogP contribution in [0.2, 0.25) is 0 Å². The average molecular weight is 311 g/mol. The Morgan fingerprint density at radius 3 is 2.77 bits per heavy atom. The maximum atomic E-state index is 13.6. The highest BCUT2D eigenvalue weighted by Gasteiger charge is 2.39. The lowest BCUT2D eigenvalue weighted by Crippen LogP contribution is -2.36. The number of amides is 2. The highest BCUT2D eigenvalue weighted by Crippen LogP contribution is 2.25. The van der Waals surface area contributed by atoms with Crippen LogP contribution in [0.25, 0.3) is 0 Å². The van der Waals surface area contributed by atoms with Crippen LogP contribution in [0.5, 0.6) is 0 Å². The monoisotopic (exact) mass is 311 g/mol. The van der Waals surface area contributed by atoms with Gasteiger partial charge in [-0.15, -0.1) is 0 Å². The smallest absolute Gasteiger partial charge is 0.326 e. The fourth-order valence-corrected chi connectivity index (χ4v) is 2.38. The van der Waals surface area contributed by atoms with Crippen molar-refractivity contribution in [3.63, 3.8) is 0 Å². The Kier molecular flexibility index (Phi) is 4.85. The summed E-state index contributed by atoms with van der Waals surface area (Å²) in [7, 11) is 0. The van der Waals surface area contributed by atoms with E-state index in [1.807, 2.05) is 0 Å². The van der Waals surface area contributed by atoms with Crippen molar-refractivity contribution in [3.05, 3.63) is 35.4 Å². The lowest BCUT2D eigenvalue weighted by molar-refractivity contribution is -0.152. The number of nitrogens with zero attached hydrogens (tertiary/aromatic N) is 1. The fourth-order valence-electron chi connectivity index (χ4n) is 2.38. The molecule has 1 aromatic carbocycles. The minimum atomic E-state index is -0.793. The van der Waals surface area contributed by atoms with Gasteiger partial charge in [-0.2, -0.15) is 0 Å². The molecule has 1 aliphatic rings. The molecular weight excluding hydrogens is 296 g/mol. The molecule has 22 heavy (non-hydrogen) atoms. The van der Waals surface area contributed by atoms with E-state index in [-0.39, 0.29) is 25.0 Å². The molecule has 0 radical (unpaired) electrons. The van der Waals surface area contributed by atoms with Gasteiger partial charge in [-0.1, -0.05) is 0 Å². The van der Waals surface area contributed by atoms with E-state index < -0.39 is 41.9 Å². The summed E-state index contributed by atoms with van der Waals surface area (Å²) in [6, 6.07) is 2.96. The van der Waals surface area contributed by atoms with Gasteiger partial charge in [0.1, 0.15) is 18.2 Å².